The molecular weight excluding hydrogens is 405 g/mol. The van der Waals surface area contributed by atoms with Gasteiger partial charge in [-0.3, -0.25) is 20.4 Å². The summed E-state index contributed by atoms with van der Waals surface area (Å²) >= 11 is 1.27. The van der Waals surface area contributed by atoms with Gasteiger partial charge in [0.1, 0.15) is 11.6 Å². The first kappa shape index (κ1) is 20.1. The molecule has 0 bridgehead atoms. The van der Waals surface area contributed by atoms with Crippen LogP contribution in [0.3, 0.4) is 0 Å². The first-order chi connectivity index (χ1) is 14.6. The highest BCUT2D eigenvalue weighted by Gasteiger charge is 2.30. The van der Waals surface area contributed by atoms with Crippen LogP contribution in [0.5, 0.6) is 0 Å². The number of nitrogens with zero attached hydrogens (tertiary/aromatic N) is 3. The van der Waals surface area contributed by atoms with E-state index in [9.17, 15) is 14.0 Å². The average Bonchev–Trinajstić information content (AvgIpc) is 3.53. The van der Waals surface area contributed by atoms with Crippen molar-refractivity contribution in [3.8, 4) is 0 Å². The quantitative estimate of drug-likeness (QED) is 0.449. The van der Waals surface area contributed by atoms with Crippen LogP contribution in [0.15, 0.2) is 59.8 Å². The molecule has 1 aliphatic carbocycles. The second-order valence-electron chi connectivity index (χ2n) is 6.98. The fourth-order valence-corrected chi connectivity index (χ4v) is 3.68. The number of hydrogen-bond acceptors (Lipinski definition) is 5. The Hall–Kier alpha value is -3.20. The van der Waals surface area contributed by atoms with Crippen LogP contribution >= 0.6 is 11.8 Å². The molecule has 4 rings (SSSR count). The Bertz CT molecular complexity index is 1040. The molecule has 1 aliphatic rings. The number of carbonyl (C=O) groups is 2. The lowest BCUT2D eigenvalue weighted by Crippen LogP contribution is -2.42. The lowest BCUT2D eigenvalue weighted by atomic mass is 10.2. The van der Waals surface area contributed by atoms with E-state index in [0.717, 1.165) is 24.2 Å². The minimum absolute atomic E-state index is 0.0707. The van der Waals surface area contributed by atoms with Crippen LogP contribution in [0, 0.1) is 5.82 Å². The Labute approximate surface area is 177 Å². The minimum Gasteiger partial charge on any atom is -0.301 e. The van der Waals surface area contributed by atoms with Crippen LogP contribution in [0.25, 0.3) is 0 Å². The number of benzene rings is 2. The van der Waals surface area contributed by atoms with Gasteiger partial charge >= 0.3 is 0 Å². The molecule has 1 aromatic heterocycles. The van der Waals surface area contributed by atoms with Gasteiger partial charge in [-0.25, -0.2) is 4.39 Å². The molecule has 1 saturated carbocycles. The minimum atomic E-state index is -0.517. The van der Waals surface area contributed by atoms with Crippen molar-refractivity contribution in [3.63, 3.8) is 0 Å². The van der Waals surface area contributed by atoms with Gasteiger partial charge in [-0.15, -0.1) is 10.2 Å². The van der Waals surface area contributed by atoms with E-state index in [1.54, 1.807) is 0 Å². The van der Waals surface area contributed by atoms with E-state index in [4.69, 9.17) is 0 Å². The number of rotatable bonds is 7. The normalized spacial score (nSPS) is 13.1. The Kier molecular flexibility index (Phi) is 6.08. The zero-order chi connectivity index (χ0) is 20.9. The number of hydrogen-bond donors (Lipinski definition) is 2. The van der Waals surface area contributed by atoms with Crippen molar-refractivity contribution in [2.75, 3.05) is 5.75 Å². The molecule has 0 saturated heterocycles. The number of aromatic nitrogens is 3. The van der Waals surface area contributed by atoms with Gasteiger partial charge in [-0.05, 0) is 42.7 Å². The van der Waals surface area contributed by atoms with Gasteiger partial charge in [-0.2, -0.15) is 0 Å². The predicted molar refractivity (Wildman–Crippen MR) is 110 cm³/mol. The van der Waals surface area contributed by atoms with E-state index in [1.165, 1.54) is 36.0 Å². The Morgan fingerprint density at radius 1 is 1.03 bits per heavy atom. The summed E-state index contributed by atoms with van der Waals surface area (Å²) < 4.78 is 15.0. The van der Waals surface area contributed by atoms with Gasteiger partial charge in [0.2, 0.25) is 5.91 Å². The van der Waals surface area contributed by atoms with Crippen LogP contribution in [-0.2, 0) is 11.3 Å². The summed E-state index contributed by atoms with van der Waals surface area (Å²) in [5, 5.41) is 9.27. The number of amides is 2. The number of halogens is 1. The van der Waals surface area contributed by atoms with Crippen LogP contribution in [-0.4, -0.2) is 32.3 Å². The summed E-state index contributed by atoms with van der Waals surface area (Å²) in [5.41, 5.74) is 6.08. The maximum Gasteiger partial charge on any atom is 0.269 e. The topological polar surface area (TPSA) is 88.9 Å². The molecule has 154 valence electrons. The van der Waals surface area contributed by atoms with Gasteiger partial charge < -0.3 is 4.57 Å². The molecule has 2 amide bonds. The molecule has 2 N–H and O–H groups in total. The van der Waals surface area contributed by atoms with Crippen molar-refractivity contribution < 1.29 is 14.0 Å². The maximum atomic E-state index is 12.9. The first-order valence-electron chi connectivity index (χ1n) is 9.55. The van der Waals surface area contributed by atoms with Gasteiger partial charge in [0, 0.05) is 11.5 Å². The van der Waals surface area contributed by atoms with Crippen molar-refractivity contribution in [2.24, 2.45) is 0 Å². The lowest BCUT2D eigenvalue weighted by molar-refractivity contribution is -0.119. The van der Waals surface area contributed by atoms with E-state index < -0.39 is 11.7 Å². The Morgan fingerprint density at radius 2 is 1.77 bits per heavy atom. The summed E-state index contributed by atoms with van der Waals surface area (Å²) in [6, 6.07) is 15.1. The molecule has 7 nitrogen and oxygen atoms in total. The molecule has 9 heteroatoms. The summed E-state index contributed by atoms with van der Waals surface area (Å²) in [6.07, 6.45) is 2.21. The number of nitrogens with one attached hydrogen (secondary N) is 2. The third kappa shape index (κ3) is 5.04. The van der Waals surface area contributed by atoms with Crippen molar-refractivity contribution in [1.29, 1.82) is 0 Å². The third-order valence-electron chi connectivity index (χ3n) is 4.63. The van der Waals surface area contributed by atoms with Crippen molar-refractivity contribution in [3.05, 3.63) is 77.4 Å². The SMILES string of the molecule is O=C(CSc1nnc(C2CC2)n1Cc1ccccc1)NNC(=O)c1ccc(F)cc1. The molecule has 30 heavy (non-hydrogen) atoms. The summed E-state index contributed by atoms with van der Waals surface area (Å²) in [4.78, 5) is 24.2. The molecule has 0 atom stereocenters. The molecule has 0 aliphatic heterocycles. The van der Waals surface area contributed by atoms with E-state index >= 15 is 0 Å². The molecule has 3 aromatic rings. The summed E-state index contributed by atoms with van der Waals surface area (Å²) in [7, 11) is 0. The zero-order valence-electron chi connectivity index (χ0n) is 16.0. The van der Waals surface area contributed by atoms with Crippen molar-refractivity contribution in [1.82, 2.24) is 25.6 Å². The molecule has 2 aromatic carbocycles. The van der Waals surface area contributed by atoms with E-state index in [-0.39, 0.29) is 17.2 Å². The zero-order valence-corrected chi connectivity index (χ0v) is 16.9. The van der Waals surface area contributed by atoms with E-state index in [0.29, 0.717) is 17.6 Å². The first-order valence-corrected chi connectivity index (χ1v) is 10.5. The summed E-state index contributed by atoms with van der Waals surface area (Å²) in [6.45, 7) is 0.644. The van der Waals surface area contributed by atoms with Crippen molar-refractivity contribution in [2.45, 2.75) is 30.5 Å². The fraction of sp³-hybridized carbons (Fsp3) is 0.238. The highest BCUT2D eigenvalue weighted by Crippen LogP contribution is 2.40. The smallest absolute Gasteiger partial charge is 0.269 e. The Morgan fingerprint density at radius 3 is 2.47 bits per heavy atom. The van der Waals surface area contributed by atoms with Gasteiger partial charge in [0.15, 0.2) is 5.16 Å². The lowest BCUT2D eigenvalue weighted by Gasteiger charge is -2.10. The second-order valence-corrected chi connectivity index (χ2v) is 7.93. The van der Waals surface area contributed by atoms with E-state index in [2.05, 4.69) is 25.6 Å². The van der Waals surface area contributed by atoms with Crippen LogP contribution < -0.4 is 10.9 Å². The van der Waals surface area contributed by atoms with E-state index in [1.807, 2.05) is 30.3 Å². The van der Waals surface area contributed by atoms with Gasteiger partial charge in [-0.1, -0.05) is 42.1 Å². The third-order valence-corrected chi connectivity index (χ3v) is 5.59. The number of carbonyl (C=O) groups excluding carboxylic acids is 2. The predicted octanol–water partition coefficient (Wildman–Crippen LogP) is 2.90. The van der Waals surface area contributed by atoms with Crippen molar-refractivity contribution >= 4 is 23.6 Å². The van der Waals surface area contributed by atoms with Crippen LogP contribution in [0.2, 0.25) is 0 Å². The summed E-state index contributed by atoms with van der Waals surface area (Å²) in [5.74, 6) is 0.124. The standard InChI is InChI=1S/C21H20FN5O2S/c22-17-10-8-16(9-11-17)20(29)25-23-18(28)13-30-21-26-24-19(15-6-7-15)27(21)12-14-4-2-1-3-5-14/h1-5,8-11,15H,6-7,12-13H2,(H,23,28)(H,25,29). The molecule has 0 unspecified atom stereocenters. The maximum absolute atomic E-state index is 12.9. The molecule has 0 radical (unpaired) electrons. The number of thioether (sulfide) groups is 1. The molecule has 0 spiro atoms. The molecule has 1 heterocycles. The van der Waals surface area contributed by atoms with Crippen LogP contribution in [0.1, 0.15) is 40.5 Å². The highest BCUT2D eigenvalue weighted by molar-refractivity contribution is 7.99. The largest absolute Gasteiger partial charge is 0.301 e. The van der Waals surface area contributed by atoms with Crippen LogP contribution in [0.4, 0.5) is 4.39 Å². The Balaban J connectivity index is 1.34. The monoisotopic (exact) mass is 425 g/mol. The molecule has 1 fully saturated rings. The average molecular weight is 425 g/mol. The number of hydrazine groups is 1. The second kappa shape index (κ2) is 9.08. The van der Waals surface area contributed by atoms with Gasteiger partial charge in [0.05, 0.1) is 12.3 Å². The fourth-order valence-electron chi connectivity index (χ4n) is 2.93. The highest BCUT2D eigenvalue weighted by atomic mass is 32.2. The van der Waals surface area contributed by atoms with Gasteiger partial charge in [0.25, 0.3) is 5.91 Å². The molecular formula is C21H20FN5O2S.